The van der Waals surface area contributed by atoms with Crippen molar-refractivity contribution in [2.24, 2.45) is 11.8 Å². The van der Waals surface area contributed by atoms with E-state index in [2.05, 4.69) is 15.5 Å². The molecule has 0 aromatic heterocycles. The normalized spacial score (nSPS) is 25.7. The third-order valence-corrected chi connectivity index (χ3v) is 4.78. The van der Waals surface area contributed by atoms with Crippen LogP contribution in [0.5, 0.6) is 0 Å². The molecule has 2 atom stereocenters. The summed E-state index contributed by atoms with van der Waals surface area (Å²) in [6.07, 6.45) is 0. The van der Waals surface area contributed by atoms with Crippen LogP contribution < -0.4 is 10.6 Å². The molecule has 2 fully saturated rings. The van der Waals surface area contributed by atoms with Crippen molar-refractivity contribution in [1.82, 2.24) is 10.2 Å². The Bertz CT molecular complexity index is 508. The number of carbonyl (C=O) groups excluding carboxylic acids is 1. The van der Waals surface area contributed by atoms with E-state index in [4.69, 9.17) is 11.6 Å². The molecule has 5 heteroatoms. The van der Waals surface area contributed by atoms with E-state index < -0.39 is 0 Å². The Morgan fingerprint density at radius 2 is 2.10 bits per heavy atom. The fourth-order valence-corrected chi connectivity index (χ4v) is 3.39. The van der Waals surface area contributed by atoms with Gasteiger partial charge in [0, 0.05) is 23.8 Å². The quantitative estimate of drug-likeness (QED) is 0.892. The Balaban J connectivity index is 1.56. The number of halogens is 1. The Morgan fingerprint density at radius 1 is 1.40 bits per heavy atom. The molecule has 2 aliphatic heterocycles. The SMILES string of the molecule is Cc1c(Cl)cccc1NC(=O)CN1CC2CNCC2C1. The van der Waals surface area contributed by atoms with Crippen LogP contribution in [-0.4, -0.2) is 43.5 Å². The lowest BCUT2D eigenvalue weighted by Gasteiger charge is -2.17. The Hall–Kier alpha value is -1.10. The first-order valence-electron chi connectivity index (χ1n) is 7.11. The molecule has 2 saturated heterocycles. The first kappa shape index (κ1) is 13.9. The lowest BCUT2D eigenvalue weighted by molar-refractivity contribution is -0.117. The molecule has 3 rings (SSSR count). The number of carbonyl (C=O) groups is 1. The van der Waals surface area contributed by atoms with Gasteiger partial charge < -0.3 is 10.6 Å². The summed E-state index contributed by atoms with van der Waals surface area (Å²) in [6, 6.07) is 5.58. The van der Waals surface area contributed by atoms with Crippen LogP contribution in [0, 0.1) is 18.8 Å². The Labute approximate surface area is 124 Å². The van der Waals surface area contributed by atoms with Gasteiger partial charge in [-0.2, -0.15) is 0 Å². The van der Waals surface area contributed by atoms with E-state index in [-0.39, 0.29) is 5.91 Å². The van der Waals surface area contributed by atoms with Crippen LogP contribution in [0.25, 0.3) is 0 Å². The van der Waals surface area contributed by atoms with Gasteiger partial charge in [0.2, 0.25) is 5.91 Å². The highest BCUT2D eigenvalue weighted by Gasteiger charge is 2.36. The molecule has 1 aromatic carbocycles. The minimum Gasteiger partial charge on any atom is -0.325 e. The smallest absolute Gasteiger partial charge is 0.238 e. The van der Waals surface area contributed by atoms with Crippen molar-refractivity contribution in [2.75, 3.05) is 38.0 Å². The molecule has 0 saturated carbocycles. The van der Waals surface area contributed by atoms with Crippen molar-refractivity contribution in [1.29, 1.82) is 0 Å². The fraction of sp³-hybridized carbons (Fsp3) is 0.533. The standard InChI is InChI=1S/C15H20ClN3O/c1-10-13(16)3-2-4-14(10)18-15(20)9-19-7-11-5-17-6-12(11)8-19/h2-4,11-12,17H,5-9H2,1H3,(H,18,20). The van der Waals surface area contributed by atoms with Gasteiger partial charge in [-0.1, -0.05) is 17.7 Å². The van der Waals surface area contributed by atoms with Gasteiger partial charge in [0.15, 0.2) is 0 Å². The van der Waals surface area contributed by atoms with E-state index in [1.165, 1.54) is 0 Å². The first-order valence-corrected chi connectivity index (χ1v) is 7.49. The molecule has 0 bridgehead atoms. The fourth-order valence-electron chi connectivity index (χ4n) is 3.22. The summed E-state index contributed by atoms with van der Waals surface area (Å²) >= 11 is 6.06. The highest BCUT2D eigenvalue weighted by atomic mass is 35.5. The lowest BCUT2D eigenvalue weighted by Crippen LogP contribution is -2.33. The Kier molecular flexibility index (Phi) is 3.96. The molecule has 1 amide bonds. The number of nitrogens with zero attached hydrogens (tertiary/aromatic N) is 1. The predicted molar refractivity (Wildman–Crippen MR) is 81.1 cm³/mol. The van der Waals surface area contributed by atoms with Gasteiger partial charge in [-0.25, -0.2) is 0 Å². The molecule has 1 aromatic rings. The summed E-state index contributed by atoms with van der Waals surface area (Å²) in [7, 11) is 0. The largest absolute Gasteiger partial charge is 0.325 e. The second-order valence-corrected chi connectivity index (χ2v) is 6.24. The Morgan fingerprint density at radius 3 is 2.80 bits per heavy atom. The number of hydrogen-bond acceptors (Lipinski definition) is 3. The van der Waals surface area contributed by atoms with Gasteiger partial charge in [-0.05, 0) is 49.5 Å². The number of rotatable bonds is 3. The number of benzene rings is 1. The highest BCUT2D eigenvalue weighted by molar-refractivity contribution is 6.31. The summed E-state index contributed by atoms with van der Waals surface area (Å²) in [6.45, 7) is 6.63. The molecule has 0 radical (unpaired) electrons. The molecule has 2 heterocycles. The zero-order valence-electron chi connectivity index (χ0n) is 11.7. The molecular weight excluding hydrogens is 274 g/mol. The second kappa shape index (κ2) is 5.72. The number of fused-ring (bicyclic) bond motifs is 1. The van der Waals surface area contributed by atoms with E-state index in [0.29, 0.717) is 11.6 Å². The predicted octanol–water partition coefficient (Wildman–Crippen LogP) is 1.74. The van der Waals surface area contributed by atoms with Crippen LogP contribution in [0.15, 0.2) is 18.2 Å². The van der Waals surface area contributed by atoms with E-state index in [1.54, 1.807) is 0 Å². The van der Waals surface area contributed by atoms with E-state index in [0.717, 1.165) is 49.3 Å². The molecule has 108 valence electrons. The zero-order chi connectivity index (χ0) is 14.1. The maximum atomic E-state index is 12.1. The molecule has 2 unspecified atom stereocenters. The van der Waals surface area contributed by atoms with E-state index in [1.807, 2.05) is 25.1 Å². The van der Waals surface area contributed by atoms with Crippen molar-refractivity contribution in [3.8, 4) is 0 Å². The molecular formula is C15H20ClN3O. The van der Waals surface area contributed by atoms with Crippen LogP contribution in [0.2, 0.25) is 5.02 Å². The summed E-state index contributed by atoms with van der Waals surface area (Å²) in [5.74, 6) is 1.48. The van der Waals surface area contributed by atoms with Crippen LogP contribution in [-0.2, 0) is 4.79 Å². The lowest BCUT2D eigenvalue weighted by atomic mass is 10.0. The van der Waals surface area contributed by atoms with Crippen molar-refractivity contribution < 1.29 is 4.79 Å². The minimum absolute atomic E-state index is 0.0447. The van der Waals surface area contributed by atoms with Crippen LogP contribution in [0.3, 0.4) is 0 Å². The first-order chi connectivity index (χ1) is 9.63. The molecule has 4 nitrogen and oxygen atoms in total. The third-order valence-electron chi connectivity index (χ3n) is 4.37. The summed E-state index contributed by atoms with van der Waals surface area (Å²) in [5, 5.41) is 7.06. The molecule has 0 spiro atoms. The van der Waals surface area contributed by atoms with Crippen molar-refractivity contribution in [2.45, 2.75) is 6.92 Å². The van der Waals surface area contributed by atoms with Crippen molar-refractivity contribution in [3.63, 3.8) is 0 Å². The summed E-state index contributed by atoms with van der Waals surface area (Å²) in [5.41, 5.74) is 1.73. The van der Waals surface area contributed by atoms with Gasteiger partial charge in [0.25, 0.3) is 0 Å². The van der Waals surface area contributed by atoms with Gasteiger partial charge in [0.1, 0.15) is 0 Å². The third kappa shape index (κ3) is 2.82. The molecule has 2 N–H and O–H groups in total. The van der Waals surface area contributed by atoms with Crippen molar-refractivity contribution in [3.05, 3.63) is 28.8 Å². The van der Waals surface area contributed by atoms with Gasteiger partial charge >= 0.3 is 0 Å². The minimum atomic E-state index is 0.0447. The maximum absolute atomic E-state index is 12.1. The topological polar surface area (TPSA) is 44.4 Å². The van der Waals surface area contributed by atoms with E-state index in [9.17, 15) is 4.79 Å². The summed E-state index contributed by atoms with van der Waals surface area (Å²) < 4.78 is 0. The van der Waals surface area contributed by atoms with Gasteiger partial charge in [-0.15, -0.1) is 0 Å². The number of nitrogens with one attached hydrogen (secondary N) is 2. The highest BCUT2D eigenvalue weighted by Crippen LogP contribution is 2.26. The molecule has 0 aliphatic carbocycles. The zero-order valence-corrected chi connectivity index (χ0v) is 12.4. The maximum Gasteiger partial charge on any atom is 0.238 e. The average molecular weight is 294 g/mol. The van der Waals surface area contributed by atoms with Crippen molar-refractivity contribution >= 4 is 23.2 Å². The number of amides is 1. The monoisotopic (exact) mass is 293 g/mol. The average Bonchev–Trinajstić information content (AvgIpc) is 2.95. The van der Waals surface area contributed by atoms with Crippen LogP contribution in [0.4, 0.5) is 5.69 Å². The molecule has 20 heavy (non-hydrogen) atoms. The second-order valence-electron chi connectivity index (χ2n) is 5.83. The molecule has 2 aliphatic rings. The van der Waals surface area contributed by atoms with Crippen LogP contribution >= 0.6 is 11.6 Å². The number of hydrogen-bond donors (Lipinski definition) is 2. The number of likely N-dealkylation sites (tertiary alicyclic amines) is 1. The van der Waals surface area contributed by atoms with Gasteiger partial charge in [-0.3, -0.25) is 9.69 Å². The van der Waals surface area contributed by atoms with E-state index >= 15 is 0 Å². The van der Waals surface area contributed by atoms with Crippen LogP contribution in [0.1, 0.15) is 5.56 Å². The summed E-state index contributed by atoms with van der Waals surface area (Å²) in [4.78, 5) is 14.4. The number of anilines is 1. The van der Waals surface area contributed by atoms with Gasteiger partial charge in [0.05, 0.1) is 6.54 Å².